The van der Waals surface area contributed by atoms with E-state index in [0.717, 1.165) is 6.07 Å². The molecule has 0 saturated carbocycles. The lowest BCUT2D eigenvalue weighted by Crippen LogP contribution is -2.48. The Labute approximate surface area is 192 Å². The van der Waals surface area contributed by atoms with Gasteiger partial charge >= 0.3 is 0 Å². The summed E-state index contributed by atoms with van der Waals surface area (Å²) in [4.78, 5) is 8.27. The van der Waals surface area contributed by atoms with Crippen molar-refractivity contribution in [3.63, 3.8) is 0 Å². The molecule has 9 nitrogen and oxygen atoms in total. The van der Waals surface area contributed by atoms with Gasteiger partial charge in [0.15, 0.2) is 23.8 Å². The van der Waals surface area contributed by atoms with E-state index < -0.39 is 43.5 Å². The monoisotopic (exact) mass is 485 g/mol. The molecule has 5 N–H and O–H groups in total. The number of ether oxygens (including phenoxy) is 2. The Kier molecular flexibility index (Phi) is 8.16. The molecule has 0 fully saturated rings. The zero-order valence-electron chi connectivity index (χ0n) is 17.3. The van der Waals surface area contributed by atoms with Crippen molar-refractivity contribution in [2.24, 2.45) is 0 Å². The number of methoxy groups -OCH3 is 1. The van der Waals surface area contributed by atoms with Crippen LogP contribution < -0.4 is 14.8 Å². The average molecular weight is 486 g/mol. The number of fused-ring (bicyclic) bond motifs is 1. The van der Waals surface area contributed by atoms with Gasteiger partial charge < -0.3 is 35.2 Å². The second kappa shape index (κ2) is 10.9. The zero-order valence-corrected chi connectivity index (χ0v) is 18.1. The van der Waals surface area contributed by atoms with E-state index in [0.29, 0.717) is 10.9 Å². The summed E-state index contributed by atoms with van der Waals surface area (Å²) in [5.41, 5.74) is 0.462. The van der Waals surface area contributed by atoms with E-state index in [1.807, 2.05) is 0 Å². The van der Waals surface area contributed by atoms with Gasteiger partial charge in [-0.25, -0.2) is 18.7 Å². The SMILES string of the molecule is COc1cc2c(Nc3ccc(Cl)cc3F)ncnc2cc1O[C@H](CO)[C@H](O)[C@@H](O)[C@H](F)CO. The van der Waals surface area contributed by atoms with E-state index in [-0.39, 0.29) is 28.0 Å². The zero-order chi connectivity index (χ0) is 24.1. The van der Waals surface area contributed by atoms with Crippen LogP contribution in [0.5, 0.6) is 11.5 Å². The van der Waals surface area contributed by atoms with Crippen LogP contribution in [-0.2, 0) is 0 Å². The predicted octanol–water partition coefficient (Wildman–Crippen LogP) is 1.97. The first-order valence-electron chi connectivity index (χ1n) is 9.72. The molecule has 1 heterocycles. The minimum atomic E-state index is -2.13. The number of aliphatic hydroxyl groups excluding tert-OH is 4. The fourth-order valence-corrected chi connectivity index (χ4v) is 3.21. The Morgan fingerprint density at radius 2 is 1.82 bits per heavy atom. The second-order valence-corrected chi connectivity index (χ2v) is 7.45. The molecular weight excluding hydrogens is 464 g/mol. The van der Waals surface area contributed by atoms with Crippen molar-refractivity contribution < 1.29 is 38.7 Å². The highest BCUT2D eigenvalue weighted by Gasteiger charge is 2.34. The van der Waals surface area contributed by atoms with Crippen molar-refractivity contribution in [2.75, 3.05) is 25.6 Å². The quantitative estimate of drug-likeness (QED) is 0.292. The molecule has 33 heavy (non-hydrogen) atoms. The number of rotatable bonds is 10. The van der Waals surface area contributed by atoms with E-state index in [2.05, 4.69) is 15.3 Å². The molecule has 0 spiro atoms. The van der Waals surface area contributed by atoms with Crippen LogP contribution in [0.1, 0.15) is 0 Å². The number of aliphatic hydroxyl groups is 4. The maximum atomic E-state index is 14.2. The second-order valence-electron chi connectivity index (χ2n) is 7.01. The number of nitrogens with one attached hydrogen (secondary N) is 1. The molecule has 0 aliphatic heterocycles. The fourth-order valence-electron chi connectivity index (χ4n) is 3.05. The minimum Gasteiger partial charge on any atom is -0.493 e. The third-order valence-corrected chi connectivity index (χ3v) is 5.07. The summed E-state index contributed by atoms with van der Waals surface area (Å²) in [6.07, 6.45) is -6.20. The van der Waals surface area contributed by atoms with E-state index in [1.54, 1.807) is 0 Å². The van der Waals surface area contributed by atoms with E-state index >= 15 is 0 Å². The summed E-state index contributed by atoms with van der Waals surface area (Å²) in [5.74, 6) is -0.176. The third-order valence-electron chi connectivity index (χ3n) is 4.84. The van der Waals surface area contributed by atoms with Gasteiger partial charge in [-0.05, 0) is 24.3 Å². The number of nitrogens with zero attached hydrogens (tertiary/aromatic N) is 2. The van der Waals surface area contributed by atoms with Crippen molar-refractivity contribution in [2.45, 2.75) is 24.5 Å². The summed E-state index contributed by atoms with van der Waals surface area (Å²) in [7, 11) is 1.34. The number of aromatic nitrogens is 2. The normalized spacial score (nSPS) is 15.0. The molecule has 0 bridgehead atoms. The molecule has 12 heteroatoms. The molecule has 0 aliphatic carbocycles. The summed E-state index contributed by atoms with van der Waals surface area (Å²) >= 11 is 5.78. The smallest absolute Gasteiger partial charge is 0.164 e. The predicted molar refractivity (Wildman–Crippen MR) is 116 cm³/mol. The Bertz CT molecular complexity index is 1110. The minimum absolute atomic E-state index is 0.0250. The molecule has 0 amide bonds. The number of anilines is 2. The molecule has 0 unspecified atom stereocenters. The van der Waals surface area contributed by atoms with Crippen molar-refractivity contribution in [3.8, 4) is 11.5 Å². The first kappa shape index (κ1) is 24.8. The molecule has 3 aromatic rings. The van der Waals surface area contributed by atoms with Crippen LogP contribution in [0.3, 0.4) is 0 Å². The topological polar surface area (TPSA) is 137 Å². The van der Waals surface area contributed by atoms with Crippen LogP contribution in [-0.4, -0.2) is 75.2 Å². The highest BCUT2D eigenvalue weighted by Crippen LogP contribution is 2.36. The Morgan fingerprint density at radius 1 is 1.06 bits per heavy atom. The molecule has 0 aliphatic rings. The summed E-state index contributed by atoms with van der Waals surface area (Å²) in [6.45, 7) is -1.79. The van der Waals surface area contributed by atoms with E-state index in [4.69, 9.17) is 26.2 Å². The van der Waals surface area contributed by atoms with Gasteiger partial charge in [0.2, 0.25) is 0 Å². The average Bonchev–Trinajstić information content (AvgIpc) is 2.82. The van der Waals surface area contributed by atoms with Crippen molar-refractivity contribution in [1.82, 2.24) is 9.97 Å². The van der Waals surface area contributed by atoms with Gasteiger partial charge in [-0.2, -0.15) is 0 Å². The van der Waals surface area contributed by atoms with Crippen molar-refractivity contribution >= 4 is 34.0 Å². The van der Waals surface area contributed by atoms with E-state index in [1.165, 1.54) is 37.7 Å². The van der Waals surface area contributed by atoms with Crippen LogP contribution in [0.2, 0.25) is 5.02 Å². The first-order valence-corrected chi connectivity index (χ1v) is 10.1. The highest BCUT2D eigenvalue weighted by molar-refractivity contribution is 6.30. The van der Waals surface area contributed by atoms with Gasteiger partial charge in [-0.3, -0.25) is 0 Å². The Morgan fingerprint density at radius 3 is 2.45 bits per heavy atom. The lowest BCUT2D eigenvalue weighted by molar-refractivity contribution is -0.0981. The number of hydrogen-bond acceptors (Lipinski definition) is 9. The standard InChI is InChI=1S/C21H22ClF2N3O6/c1-32-16-5-11-15(6-17(16)33-18(8-29)20(31)19(30)13(24)7-28)25-9-26-21(11)27-14-3-2-10(22)4-12(14)23/h2-6,9,13,18-20,28-31H,7-8H2,1H3,(H,25,26,27)/t13-,18-,19+,20+/m1/s1. The lowest BCUT2D eigenvalue weighted by Gasteiger charge is -2.28. The maximum absolute atomic E-state index is 14.2. The van der Waals surface area contributed by atoms with Crippen LogP contribution >= 0.6 is 11.6 Å². The largest absolute Gasteiger partial charge is 0.493 e. The van der Waals surface area contributed by atoms with Crippen molar-refractivity contribution in [3.05, 3.63) is 47.5 Å². The van der Waals surface area contributed by atoms with Gasteiger partial charge in [0.1, 0.15) is 30.2 Å². The summed E-state index contributed by atoms with van der Waals surface area (Å²) in [6, 6.07) is 7.01. The molecular formula is C21H22ClF2N3O6. The number of hydrogen-bond donors (Lipinski definition) is 5. The number of alkyl halides is 1. The highest BCUT2D eigenvalue weighted by atomic mass is 35.5. The Balaban J connectivity index is 1.94. The van der Waals surface area contributed by atoms with Crippen LogP contribution in [0.15, 0.2) is 36.7 Å². The number of benzene rings is 2. The van der Waals surface area contributed by atoms with Crippen LogP contribution in [0.4, 0.5) is 20.3 Å². The third kappa shape index (κ3) is 5.57. The van der Waals surface area contributed by atoms with Gasteiger partial charge in [0, 0.05) is 16.5 Å². The molecule has 1 aromatic heterocycles. The molecule has 3 rings (SSSR count). The van der Waals surface area contributed by atoms with Gasteiger partial charge in [-0.1, -0.05) is 11.6 Å². The van der Waals surface area contributed by atoms with Gasteiger partial charge in [0.25, 0.3) is 0 Å². The van der Waals surface area contributed by atoms with Crippen LogP contribution in [0.25, 0.3) is 10.9 Å². The van der Waals surface area contributed by atoms with Gasteiger partial charge in [-0.15, -0.1) is 0 Å². The maximum Gasteiger partial charge on any atom is 0.164 e. The van der Waals surface area contributed by atoms with Gasteiger partial charge in [0.05, 0.1) is 31.5 Å². The summed E-state index contributed by atoms with van der Waals surface area (Å²) in [5, 5.41) is 41.9. The molecule has 0 saturated heterocycles. The van der Waals surface area contributed by atoms with Crippen molar-refractivity contribution in [1.29, 1.82) is 0 Å². The molecule has 178 valence electrons. The molecule has 2 aromatic carbocycles. The van der Waals surface area contributed by atoms with Crippen LogP contribution in [0, 0.1) is 5.82 Å². The first-order chi connectivity index (χ1) is 15.8. The fraction of sp³-hybridized carbons (Fsp3) is 0.333. The molecule has 0 radical (unpaired) electrons. The Hall–Kier alpha value is -2.83. The number of halogens is 3. The van der Waals surface area contributed by atoms with E-state index in [9.17, 15) is 24.1 Å². The lowest BCUT2D eigenvalue weighted by atomic mass is 10.0. The summed E-state index contributed by atoms with van der Waals surface area (Å²) < 4.78 is 38.7. The molecule has 4 atom stereocenters.